The lowest BCUT2D eigenvalue weighted by molar-refractivity contribution is 0.491. The Balaban J connectivity index is 2.00. The highest BCUT2D eigenvalue weighted by molar-refractivity contribution is 6.33. The highest BCUT2D eigenvalue weighted by Gasteiger charge is 2.11. The predicted octanol–water partition coefficient (Wildman–Crippen LogP) is 4.54. The van der Waals surface area contributed by atoms with E-state index in [1.165, 1.54) is 5.56 Å². The third kappa shape index (κ3) is 5.31. The van der Waals surface area contributed by atoms with Crippen molar-refractivity contribution >= 4 is 23.2 Å². The summed E-state index contributed by atoms with van der Waals surface area (Å²) in [5.74, 6) is 0. The Kier molecular flexibility index (Phi) is 6.50. The number of benzene rings is 1. The van der Waals surface area contributed by atoms with Crippen molar-refractivity contribution in [2.75, 3.05) is 6.54 Å². The molecule has 0 saturated carbocycles. The van der Waals surface area contributed by atoms with E-state index in [1.54, 1.807) is 6.20 Å². The molecule has 21 heavy (non-hydrogen) atoms. The van der Waals surface area contributed by atoms with E-state index in [-0.39, 0.29) is 0 Å². The molecule has 2 aromatic rings. The van der Waals surface area contributed by atoms with Gasteiger partial charge >= 0.3 is 0 Å². The Labute approximate surface area is 136 Å². The largest absolute Gasteiger partial charge is 0.314 e. The summed E-state index contributed by atoms with van der Waals surface area (Å²) in [4.78, 5) is 4.16. The first kappa shape index (κ1) is 16.3. The minimum atomic E-state index is 0.381. The summed E-state index contributed by atoms with van der Waals surface area (Å²) in [5.41, 5.74) is 2.36. The lowest BCUT2D eigenvalue weighted by Gasteiger charge is -2.19. The van der Waals surface area contributed by atoms with E-state index in [0.29, 0.717) is 6.04 Å². The zero-order chi connectivity index (χ0) is 15.1. The van der Waals surface area contributed by atoms with Gasteiger partial charge in [0.1, 0.15) is 0 Å². The van der Waals surface area contributed by atoms with Gasteiger partial charge in [-0.15, -0.1) is 0 Å². The quantitative estimate of drug-likeness (QED) is 0.809. The summed E-state index contributed by atoms with van der Waals surface area (Å²) in [7, 11) is 0. The second-order valence-corrected chi connectivity index (χ2v) is 5.94. The summed E-state index contributed by atoms with van der Waals surface area (Å²) in [6.07, 6.45) is 6.66. The normalized spacial score (nSPS) is 12.3. The van der Waals surface area contributed by atoms with Gasteiger partial charge in [0.2, 0.25) is 0 Å². The van der Waals surface area contributed by atoms with Crippen molar-refractivity contribution in [3.05, 3.63) is 63.9 Å². The number of nitrogens with one attached hydrogen (secondary N) is 1. The second-order valence-electron chi connectivity index (χ2n) is 5.09. The average Bonchev–Trinajstić information content (AvgIpc) is 2.50. The third-order valence-electron chi connectivity index (χ3n) is 3.47. The zero-order valence-electron chi connectivity index (χ0n) is 12.2. The van der Waals surface area contributed by atoms with Crippen LogP contribution in [-0.4, -0.2) is 17.6 Å². The molecule has 0 saturated heterocycles. The summed E-state index contributed by atoms with van der Waals surface area (Å²) in [5, 5.41) is 5.04. The van der Waals surface area contributed by atoms with Crippen LogP contribution in [0.4, 0.5) is 0 Å². The van der Waals surface area contributed by atoms with Crippen LogP contribution in [0.5, 0.6) is 0 Å². The first-order valence-electron chi connectivity index (χ1n) is 7.25. The van der Waals surface area contributed by atoms with Gasteiger partial charge in [-0.3, -0.25) is 4.98 Å². The molecule has 1 unspecified atom stereocenters. The number of rotatable bonds is 7. The van der Waals surface area contributed by atoms with Crippen molar-refractivity contribution in [1.82, 2.24) is 10.3 Å². The van der Waals surface area contributed by atoms with E-state index in [0.717, 1.165) is 41.4 Å². The van der Waals surface area contributed by atoms with Gasteiger partial charge < -0.3 is 5.32 Å². The average molecular weight is 323 g/mol. The van der Waals surface area contributed by atoms with E-state index in [2.05, 4.69) is 23.3 Å². The van der Waals surface area contributed by atoms with E-state index in [4.69, 9.17) is 23.2 Å². The molecule has 2 nitrogen and oxygen atoms in total. The van der Waals surface area contributed by atoms with Gasteiger partial charge in [-0.1, -0.05) is 36.2 Å². The molecule has 1 N–H and O–H groups in total. The molecule has 112 valence electrons. The van der Waals surface area contributed by atoms with Gasteiger partial charge in [0, 0.05) is 28.5 Å². The number of aryl methyl sites for hydroxylation is 1. The van der Waals surface area contributed by atoms with Crippen molar-refractivity contribution in [3.63, 3.8) is 0 Å². The molecule has 1 aromatic carbocycles. The molecule has 1 atom stereocenters. The van der Waals surface area contributed by atoms with Crippen LogP contribution in [0.3, 0.4) is 0 Å². The van der Waals surface area contributed by atoms with Gasteiger partial charge in [-0.05, 0) is 61.2 Å². The van der Waals surface area contributed by atoms with Gasteiger partial charge in [0.25, 0.3) is 0 Å². The van der Waals surface area contributed by atoms with Crippen LogP contribution in [0.15, 0.2) is 42.7 Å². The van der Waals surface area contributed by atoms with E-state index < -0.39 is 0 Å². The van der Waals surface area contributed by atoms with Crippen LogP contribution in [0.1, 0.15) is 24.5 Å². The minimum Gasteiger partial charge on any atom is -0.314 e. The van der Waals surface area contributed by atoms with Crippen molar-refractivity contribution in [2.45, 2.75) is 32.2 Å². The summed E-state index contributed by atoms with van der Waals surface area (Å²) < 4.78 is 0. The van der Waals surface area contributed by atoms with Crippen molar-refractivity contribution < 1.29 is 0 Å². The Hall–Kier alpha value is -1.09. The lowest BCUT2D eigenvalue weighted by atomic mass is 9.99. The van der Waals surface area contributed by atoms with Crippen LogP contribution in [0.2, 0.25) is 10.0 Å². The van der Waals surface area contributed by atoms with E-state index in [9.17, 15) is 0 Å². The predicted molar refractivity (Wildman–Crippen MR) is 90.2 cm³/mol. The first-order valence-corrected chi connectivity index (χ1v) is 8.01. The Bertz CT molecular complexity index is 558. The molecule has 1 heterocycles. The van der Waals surface area contributed by atoms with E-state index in [1.807, 2.05) is 30.5 Å². The number of pyridine rings is 1. The summed E-state index contributed by atoms with van der Waals surface area (Å²) in [6, 6.07) is 10.1. The summed E-state index contributed by atoms with van der Waals surface area (Å²) in [6.45, 7) is 3.06. The maximum atomic E-state index is 6.26. The number of hydrogen-bond donors (Lipinski definition) is 1. The standard InChI is InChI=1S/C17H20Cl2N2/c1-2-21-16(7-5-13-4-3-9-20-12-13)11-14-10-15(18)6-8-17(14)19/h3-4,6,8-10,12,16,21H,2,5,7,11H2,1H3. The van der Waals surface area contributed by atoms with Gasteiger partial charge in [0.05, 0.1) is 0 Å². The van der Waals surface area contributed by atoms with Crippen LogP contribution in [0, 0.1) is 0 Å². The molecule has 0 aliphatic rings. The number of halogens is 2. The molecule has 0 aliphatic heterocycles. The summed E-state index contributed by atoms with van der Waals surface area (Å²) >= 11 is 12.3. The maximum Gasteiger partial charge on any atom is 0.0439 e. The van der Waals surface area contributed by atoms with Crippen LogP contribution < -0.4 is 5.32 Å². The molecular weight excluding hydrogens is 303 g/mol. The smallest absolute Gasteiger partial charge is 0.0439 e. The van der Waals surface area contributed by atoms with E-state index >= 15 is 0 Å². The van der Waals surface area contributed by atoms with Crippen molar-refractivity contribution in [3.8, 4) is 0 Å². The van der Waals surface area contributed by atoms with Crippen LogP contribution >= 0.6 is 23.2 Å². The second kappa shape index (κ2) is 8.38. The first-order chi connectivity index (χ1) is 10.2. The molecular formula is C17H20Cl2N2. The van der Waals surface area contributed by atoms with Gasteiger partial charge in [-0.25, -0.2) is 0 Å². The molecule has 0 radical (unpaired) electrons. The van der Waals surface area contributed by atoms with Crippen molar-refractivity contribution in [1.29, 1.82) is 0 Å². The SMILES string of the molecule is CCNC(CCc1cccnc1)Cc1cc(Cl)ccc1Cl. The fraction of sp³-hybridized carbons (Fsp3) is 0.353. The molecule has 0 bridgehead atoms. The topological polar surface area (TPSA) is 24.9 Å². The number of likely N-dealkylation sites (N-methyl/N-ethyl adjacent to an activating group) is 1. The van der Waals surface area contributed by atoms with Gasteiger partial charge in [0.15, 0.2) is 0 Å². The van der Waals surface area contributed by atoms with Crippen LogP contribution in [0.25, 0.3) is 0 Å². The number of aromatic nitrogens is 1. The molecule has 1 aromatic heterocycles. The highest BCUT2D eigenvalue weighted by Crippen LogP contribution is 2.22. The monoisotopic (exact) mass is 322 g/mol. The number of nitrogens with zero attached hydrogens (tertiary/aromatic N) is 1. The molecule has 2 rings (SSSR count). The fourth-order valence-electron chi connectivity index (χ4n) is 2.42. The molecule has 0 spiro atoms. The molecule has 0 fully saturated rings. The van der Waals surface area contributed by atoms with Crippen molar-refractivity contribution in [2.24, 2.45) is 0 Å². The Morgan fingerprint density at radius 2 is 2.10 bits per heavy atom. The molecule has 4 heteroatoms. The minimum absolute atomic E-state index is 0.381. The fourth-order valence-corrected chi connectivity index (χ4v) is 2.81. The Morgan fingerprint density at radius 3 is 2.81 bits per heavy atom. The van der Waals surface area contributed by atoms with Crippen LogP contribution in [-0.2, 0) is 12.8 Å². The highest BCUT2D eigenvalue weighted by atomic mass is 35.5. The molecule has 0 aliphatic carbocycles. The number of hydrogen-bond acceptors (Lipinski definition) is 2. The Morgan fingerprint density at radius 1 is 1.24 bits per heavy atom. The zero-order valence-corrected chi connectivity index (χ0v) is 13.7. The maximum absolute atomic E-state index is 6.26. The third-order valence-corrected chi connectivity index (χ3v) is 4.07. The van der Waals surface area contributed by atoms with Gasteiger partial charge in [-0.2, -0.15) is 0 Å². The molecule has 0 amide bonds. The lowest BCUT2D eigenvalue weighted by Crippen LogP contribution is -2.31.